The number of hydrogen-bond donors (Lipinski definition) is 1. The molecular weight excluding hydrogens is 290 g/mol. The predicted molar refractivity (Wildman–Crippen MR) is 88.7 cm³/mol. The van der Waals surface area contributed by atoms with Crippen molar-refractivity contribution < 1.29 is 9.53 Å². The van der Waals surface area contributed by atoms with Crippen molar-refractivity contribution in [1.82, 2.24) is 9.55 Å². The highest BCUT2D eigenvalue weighted by molar-refractivity contribution is 6.04. The summed E-state index contributed by atoms with van der Waals surface area (Å²) < 4.78 is 7.07. The molecule has 5 nitrogen and oxygen atoms in total. The van der Waals surface area contributed by atoms with Crippen LogP contribution in [0.15, 0.2) is 67.3 Å². The Morgan fingerprint density at radius 3 is 2.48 bits per heavy atom. The van der Waals surface area contributed by atoms with E-state index in [4.69, 9.17) is 4.74 Å². The number of methoxy groups -OCH3 is 1. The van der Waals surface area contributed by atoms with Gasteiger partial charge >= 0.3 is 0 Å². The lowest BCUT2D eigenvalue weighted by Crippen LogP contribution is -2.11. The van der Waals surface area contributed by atoms with Gasteiger partial charge in [-0.05, 0) is 42.0 Å². The maximum absolute atomic E-state index is 12.2. The third kappa shape index (κ3) is 3.77. The van der Waals surface area contributed by atoms with Gasteiger partial charge in [0.1, 0.15) is 5.75 Å². The minimum Gasteiger partial charge on any atom is -0.497 e. The molecule has 1 heterocycles. The number of benzene rings is 2. The summed E-state index contributed by atoms with van der Waals surface area (Å²) in [6.07, 6.45) is 5.42. The van der Waals surface area contributed by atoms with E-state index >= 15 is 0 Å². The fraction of sp³-hybridized carbons (Fsp3) is 0.111. The molecular formula is C18H17N3O2. The minimum atomic E-state index is -0.135. The summed E-state index contributed by atoms with van der Waals surface area (Å²) in [5.74, 6) is 0.621. The highest BCUT2D eigenvalue weighted by atomic mass is 16.5. The zero-order chi connectivity index (χ0) is 16.1. The molecule has 23 heavy (non-hydrogen) atoms. The Labute approximate surface area is 134 Å². The average Bonchev–Trinajstić information content (AvgIpc) is 3.09. The molecule has 1 amide bonds. The molecule has 3 rings (SSSR count). The van der Waals surface area contributed by atoms with Gasteiger partial charge in [-0.3, -0.25) is 4.79 Å². The molecule has 1 N–H and O–H groups in total. The lowest BCUT2D eigenvalue weighted by Gasteiger charge is -2.07. The van der Waals surface area contributed by atoms with Gasteiger partial charge in [0.25, 0.3) is 5.91 Å². The minimum absolute atomic E-state index is 0.135. The Morgan fingerprint density at radius 2 is 1.87 bits per heavy atom. The van der Waals surface area contributed by atoms with E-state index < -0.39 is 0 Å². The van der Waals surface area contributed by atoms with E-state index in [-0.39, 0.29) is 5.91 Å². The van der Waals surface area contributed by atoms with Crippen molar-refractivity contribution in [2.75, 3.05) is 12.4 Å². The van der Waals surface area contributed by atoms with Crippen molar-refractivity contribution >= 4 is 11.6 Å². The van der Waals surface area contributed by atoms with Crippen molar-refractivity contribution in [2.24, 2.45) is 0 Å². The fourth-order valence-corrected chi connectivity index (χ4v) is 2.23. The van der Waals surface area contributed by atoms with Crippen molar-refractivity contribution in [3.05, 3.63) is 78.4 Å². The lowest BCUT2D eigenvalue weighted by molar-refractivity contribution is 0.102. The predicted octanol–water partition coefficient (Wildman–Crippen LogP) is 3.19. The van der Waals surface area contributed by atoms with Crippen LogP contribution in [-0.4, -0.2) is 22.6 Å². The third-order valence-electron chi connectivity index (χ3n) is 3.49. The van der Waals surface area contributed by atoms with Crippen molar-refractivity contribution in [1.29, 1.82) is 0 Å². The number of carbonyl (C=O) groups is 1. The SMILES string of the molecule is COc1ccc(NC(=O)c2ccc(Cn3ccnc3)cc2)cc1. The molecule has 1 aromatic heterocycles. The summed E-state index contributed by atoms with van der Waals surface area (Å²) in [5, 5.41) is 2.86. The van der Waals surface area contributed by atoms with Gasteiger partial charge in [0.15, 0.2) is 0 Å². The van der Waals surface area contributed by atoms with E-state index in [1.807, 2.05) is 59.3 Å². The van der Waals surface area contributed by atoms with Gasteiger partial charge in [-0.1, -0.05) is 12.1 Å². The Hall–Kier alpha value is -3.08. The first-order valence-corrected chi connectivity index (χ1v) is 7.25. The van der Waals surface area contributed by atoms with Crippen LogP contribution in [0.3, 0.4) is 0 Å². The number of ether oxygens (including phenoxy) is 1. The van der Waals surface area contributed by atoms with E-state index in [1.165, 1.54) is 0 Å². The summed E-state index contributed by atoms with van der Waals surface area (Å²) >= 11 is 0. The summed E-state index contributed by atoms with van der Waals surface area (Å²) in [4.78, 5) is 16.3. The number of anilines is 1. The molecule has 116 valence electrons. The molecule has 0 atom stereocenters. The average molecular weight is 307 g/mol. The number of rotatable bonds is 5. The highest BCUT2D eigenvalue weighted by Crippen LogP contribution is 2.16. The standard InChI is InChI=1S/C18H17N3O2/c1-23-17-8-6-16(7-9-17)20-18(22)15-4-2-14(3-5-15)12-21-11-10-19-13-21/h2-11,13H,12H2,1H3,(H,20,22). The Bertz CT molecular complexity index is 763. The van der Waals surface area contributed by atoms with E-state index in [9.17, 15) is 4.79 Å². The van der Waals surface area contributed by atoms with Crippen molar-refractivity contribution in [3.63, 3.8) is 0 Å². The summed E-state index contributed by atoms with van der Waals surface area (Å²) in [6, 6.07) is 14.8. The second-order valence-corrected chi connectivity index (χ2v) is 5.11. The zero-order valence-corrected chi connectivity index (χ0v) is 12.8. The first-order chi connectivity index (χ1) is 11.2. The number of hydrogen-bond acceptors (Lipinski definition) is 3. The second-order valence-electron chi connectivity index (χ2n) is 5.11. The molecule has 0 aliphatic carbocycles. The summed E-state index contributed by atoms with van der Waals surface area (Å²) in [6.45, 7) is 0.736. The molecule has 0 unspecified atom stereocenters. The largest absolute Gasteiger partial charge is 0.497 e. The molecule has 0 aliphatic rings. The van der Waals surface area contributed by atoms with Gasteiger partial charge in [-0.25, -0.2) is 4.98 Å². The quantitative estimate of drug-likeness (QED) is 0.787. The van der Waals surface area contributed by atoms with Crippen LogP contribution in [0.2, 0.25) is 0 Å². The number of amides is 1. The van der Waals surface area contributed by atoms with E-state index in [0.29, 0.717) is 5.56 Å². The Kier molecular flexibility index (Phi) is 4.38. The maximum Gasteiger partial charge on any atom is 0.255 e. The van der Waals surface area contributed by atoms with E-state index in [1.54, 1.807) is 19.6 Å². The van der Waals surface area contributed by atoms with E-state index in [0.717, 1.165) is 23.5 Å². The molecule has 0 radical (unpaired) electrons. The molecule has 0 bridgehead atoms. The van der Waals surface area contributed by atoms with Gasteiger partial charge in [-0.2, -0.15) is 0 Å². The number of nitrogens with zero attached hydrogens (tertiary/aromatic N) is 2. The van der Waals surface area contributed by atoms with Crippen molar-refractivity contribution in [2.45, 2.75) is 6.54 Å². The summed E-state index contributed by atoms with van der Waals surface area (Å²) in [5.41, 5.74) is 2.47. The lowest BCUT2D eigenvalue weighted by atomic mass is 10.1. The van der Waals surface area contributed by atoms with Gasteiger partial charge < -0.3 is 14.6 Å². The Balaban J connectivity index is 1.64. The number of nitrogens with one attached hydrogen (secondary N) is 1. The van der Waals surface area contributed by atoms with Gasteiger partial charge in [0, 0.05) is 30.2 Å². The number of aromatic nitrogens is 2. The van der Waals surface area contributed by atoms with Crippen LogP contribution in [0, 0.1) is 0 Å². The van der Waals surface area contributed by atoms with Crippen LogP contribution < -0.4 is 10.1 Å². The monoisotopic (exact) mass is 307 g/mol. The number of carbonyl (C=O) groups excluding carboxylic acids is 1. The topological polar surface area (TPSA) is 56.1 Å². The molecule has 0 saturated carbocycles. The summed E-state index contributed by atoms with van der Waals surface area (Å²) in [7, 11) is 1.61. The smallest absolute Gasteiger partial charge is 0.255 e. The van der Waals surface area contributed by atoms with Crippen molar-refractivity contribution in [3.8, 4) is 5.75 Å². The first-order valence-electron chi connectivity index (χ1n) is 7.25. The van der Waals surface area contributed by atoms with E-state index in [2.05, 4.69) is 10.3 Å². The molecule has 0 fully saturated rings. The molecule has 3 aromatic rings. The third-order valence-corrected chi connectivity index (χ3v) is 3.49. The fourth-order valence-electron chi connectivity index (χ4n) is 2.23. The van der Waals surface area contributed by atoms with Crippen LogP contribution in [0.25, 0.3) is 0 Å². The van der Waals surface area contributed by atoms with Crippen LogP contribution in [0.1, 0.15) is 15.9 Å². The van der Waals surface area contributed by atoms with Crippen LogP contribution in [0.5, 0.6) is 5.75 Å². The molecule has 0 saturated heterocycles. The van der Waals surface area contributed by atoms with Gasteiger partial charge in [-0.15, -0.1) is 0 Å². The highest BCUT2D eigenvalue weighted by Gasteiger charge is 2.06. The molecule has 2 aromatic carbocycles. The second kappa shape index (κ2) is 6.79. The first kappa shape index (κ1) is 14.8. The van der Waals surface area contributed by atoms with Crippen LogP contribution in [-0.2, 0) is 6.54 Å². The Morgan fingerprint density at radius 1 is 1.13 bits per heavy atom. The molecule has 0 spiro atoms. The van der Waals surface area contributed by atoms with Gasteiger partial charge in [0.05, 0.1) is 13.4 Å². The molecule has 0 aliphatic heterocycles. The van der Waals surface area contributed by atoms with Crippen LogP contribution in [0.4, 0.5) is 5.69 Å². The normalized spacial score (nSPS) is 10.3. The number of imidazole rings is 1. The maximum atomic E-state index is 12.2. The van der Waals surface area contributed by atoms with Gasteiger partial charge in [0.2, 0.25) is 0 Å². The van der Waals surface area contributed by atoms with Crippen LogP contribution >= 0.6 is 0 Å². The zero-order valence-electron chi connectivity index (χ0n) is 12.8. The molecule has 5 heteroatoms.